The largest absolute Gasteiger partial charge is 0.196 e. The van der Waals surface area contributed by atoms with E-state index in [1.54, 1.807) is 0 Å². The minimum absolute atomic E-state index is 0.167. The van der Waals surface area contributed by atoms with Crippen LogP contribution in [0.2, 0.25) is 0 Å². The second kappa shape index (κ2) is 4.96. The molecule has 0 aromatic carbocycles. The zero-order valence-corrected chi connectivity index (χ0v) is 9.20. The third-order valence-corrected chi connectivity index (χ3v) is 1.56. The molecular weight excluding hydrogens is 162 g/mol. The monoisotopic (exact) mass is 181 g/mol. The highest BCUT2D eigenvalue weighted by Gasteiger charge is 2.24. The molecule has 0 saturated carbocycles. The molecule has 1 unspecified atom stereocenters. The molecule has 13 heavy (non-hydrogen) atoms. The van der Waals surface area contributed by atoms with Crippen molar-refractivity contribution in [1.29, 1.82) is 5.26 Å². The predicted molar refractivity (Wildman–Crippen MR) is 53.5 cm³/mol. The van der Waals surface area contributed by atoms with Crippen molar-refractivity contribution in [2.24, 2.45) is 16.1 Å². The molecule has 0 aromatic rings. The van der Waals surface area contributed by atoms with Gasteiger partial charge in [-0.05, 0) is 33.1 Å². The fraction of sp³-hybridized carbons (Fsp3) is 0.900. The zero-order valence-electron chi connectivity index (χ0n) is 9.20. The summed E-state index contributed by atoms with van der Waals surface area (Å²) < 4.78 is 0. The number of azo groups is 1. The van der Waals surface area contributed by atoms with Gasteiger partial charge in [-0.25, -0.2) is 0 Å². The topological polar surface area (TPSA) is 48.5 Å². The Kier molecular flexibility index (Phi) is 4.61. The van der Waals surface area contributed by atoms with Crippen LogP contribution in [0.4, 0.5) is 0 Å². The van der Waals surface area contributed by atoms with E-state index in [2.05, 4.69) is 30.1 Å². The second-order valence-electron chi connectivity index (χ2n) is 4.29. The average Bonchev–Trinajstić information content (AvgIpc) is 2.00. The lowest BCUT2D eigenvalue weighted by Crippen LogP contribution is -2.21. The van der Waals surface area contributed by atoms with Gasteiger partial charge >= 0.3 is 0 Å². The smallest absolute Gasteiger partial charge is 0.164 e. The average molecular weight is 181 g/mol. The second-order valence-corrected chi connectivity index (χ2v) is 4.29. The summed E-state index contributed by atoms with van der Waals surface area (Å²) in [7, 11) is 0. The van der Waals surface area contributed by atoms with E-state index in [1.807, 2.05) is 20.8 Å². The molecule has 0 aliphatic carbocycles. The van der Waals surface area contributed by atoms with Crippen LogP contribution in [0.15, 0.2) is 10.2 Å². The van der Waals surface area contributed by atoms with Crippen LogP contribution in [0.1, 0.15) is 41.0 Å². The highest BCUT2D eigenvalue weighted by molar-refractivity contribution is 5.03. The molecule has 0 aromatic heterocycles. The van der Waals surface area contributed by atoms with Crippen molar-refractivity contribution in [3.05, 3.63) is 0 Å². The maximum Gasteiger partial charge on any atom is 0.164 e. The van der Waals surface area contributed by atoms with Gasteiger partial charge in [0.2, 0.25) is 0 Å². The quantitative estimate of drug-likeness (QED) is 0.614. The van der Waals surface area contributed by atoms with Gasteiger partial charge in [-0.1, -0.05) is 13.8 Å². The summed E-state index contributed by atoms with van der Waals surface area (Å²) in [6.45, 7) is 9.91. The first-order valence-electron chi connectivity index (χ1n) is 4.73. The number of rotatable bonds is 4. The number of hydrogen-bond acceptors (Lipinski definition) is 3. The predicted octanol–water partition coefficient (Wildman–Crippen LogP) is 3.18. The molecule has 1 atom stereocenters. The van der Waals surface area contributed by atoms with Gasteiger partial charge in [-0.3, -0.25) is 0 Å². The molecule has 74 valence electrons. The summed E-state index contributed by atoms with van der Waals surface area (Å²) in [5, 5.41) is 17.0. The van der Waals surface area contributed by atoms with E-state index in [-0.39, 0.29) is 6.04 Å². The van der Waals surface area contributed by atoms with Gasteiger partial charge in [0.15, 0.2) is 5.54 Å². The molecule has 0 bridgehead atoms. The third-order valence-electron chi connectivity index (χ3n) is 1.56. The SMILES string of the molecule is CC(C)CC(C)(C#N)N=NC(C)C. The van der Waals surface area contributed by atoms with E-state index in [0.717, 1.165) is 6.42 Å². The van der Waals surface area contributed by atoms with Crippen LogP contribution >= 0.6 is 0 Å². The molecule has 0 rings (SSSR count). The van der Waals surface area contributed by atoms with Crippen molar-refractivity contribution in [3.8, 4) is 6.07 Å². The van der Waals surface area contributed by atoms with E-state index in [1.165, 1.54) is 0 Å². The Balaban J connectivity index is 4.39. The van der Waals surface area contributed by atoms with Gasteiger partial charge in [0.1, 0.15) is 0 Å². The fourth-order valence-electron chi connectivity index (χ4n) is 1.15. The van der Waals surface area contributed by atoms with Crippen molar-refractivity contribution >= 4 is 0 Å². The van der Waals surface area contributed by atoms with Crippen molar-refractivity contribution in [2.45, 2.75) is 52.6 Å². The third kappa shape index (κ3) is 5.35. The first-order valence-corrected chi connectivity index (χ1v) is 4.73. The molecule has 3 heteroatoms. The molecule has 3 nitrogen and oxygen atoms in total. The summed E-state index contributed by atoms with van der Waals surface area (Å²) in [5.41, 5.74) is -0.640. The summed E-state index contributed by atoms with van der Waals surface area (Å²) >= 11 is 0. The highest BCUT2D eigenvalue weighted by Crippen LogP contribution is 2.20. The van der Waals surface area contributed by atoms with Crippen molar-refractivity contribution in [1.82, 2.24) is 0 Å². The first kappa shape index (κ1) is 12.1. The summed E-state index contributed by atoms with van der Waals surface area (Å²) in [6, 6.07) is 2.37. The lowest BCUT2D eigenvalue weighted by Gasteiger charge is -2.17. The Morgan fingerprint density at radius 3 is 2.15 bits per heavy atom. The summed E-state index contributed by atoms with van der Waals surface area (Å²) in [6.07, 6.45) is 0.764. The molecule has 0 spiro atoms. The van der Waals surface area contributed by atoms with Crippen molar-refractivity contribution in [3.63, 3.8) is 0 Å². The fourth-order valence-corrected chi connectivity index (χ4v) is 1.15. The number of nitrogens with zero attached hydrogens (tertiary/aromatic N) is 3. The molecule has 0 amide bonds. The maximum absolute atomic E-state index is 8.94. The highest BCUT2D eigenvalue weighted by atomic mass is 15.2. The normalized spacial score (nSPS) is 16.5. The van der Waals surface area contributed by atoms with E-state index in [0.29, 0.717) is 5.92 Å². The van der Waals surface area contributed by atoms with Gasteiger partial charge < -0.3 is 0 Å². The molecule has 0 saturated heterocycles. The van der Waals surface area contributed by atoms with Crippen LogP contribution in [0.25, 0.3) is 0 Å². The Morgan fingerprint density at radius 2 is 1.85 bits per heavy atom. The molecule has 0 radical (unpaired) electrons. The molecular formula is C10H19N3. The molecule has 0 aliphatic heterocycles. The maximum atomic E-state index is 8.94. The van der Waals surface area contributed by atoms with Gasteiger partial charge in [0.05, 0.1) is 12.1 Å². The van der Waals surface area contributed by atoms with Gasteiger partial charge in [-0.2, -0.15) is 15.5 Å². The lowest BCUT2D eigenvalue weighted by molar-refractivity contribution is 0.426. The molecule has 0 heterocycles. The van der Waals surface area contributed by atoms with Gasteiger partial charge in [-0.15, -0.1) is 0 Å². The Morgan fingerprint density at radius 1 is 1.31 bits per heavy atom. The van der Waals surface area contributed by atoms with E-state index >= 15 is 0 Å². The first-order chi connectivity index (χ1) is 5.89. The molecule has 0 fully saturated rings. The van der Waals surface area contributed by atoms with Crippen LogP contribution in [-0.2, 0) is 0 Å². The number of hydrogen-bond donors (Lipinski definition) is 0. The Hall–Kier alpha value is -0.910. The zero-order chi connectivity index (χ0) is 10.5. The van der Waals surface area contributed by atoms with E-state index < -0.39 is 5.54 Å². The lowest BCUT2D eigenvalue weighted by atomic mass is 9.93. The van der Waals surface area contributed by atoms with Gasteiger partial charge in [0.25, 0.3) is 0 Å². The van der Waals surface area contributed by atoms with Crippen LogP contribution in [0.3, 0.4) is 0 Å². The number of nitriles is 1. The minimum atomic E-state index is -0.640. The Labute approximate surface area is 80.9 Å². The van der Waals surface area contributed by atoms with Crippen LogP contribution < -0.4 is 0 Å². The van der Waals surface area contributed by atoms with Gasteiger partial charge in [0, 0.05) is 0 Å². The van der Waals surface area contributed by atoms with Crippen LogP contribution in [0.5, 0.6) is 0 Å². The van der Waals surface area contributed by atoms with Crippen molar-refractivity contribution < 1.29 is 0 Å². The minimum Gasteiger partial charge on any atom is -0.196 e. The summed E-state index contributed by atoms with van der Waals surface area (Å²) in [5.74, 6) is 0.468. The van der Waals surface area contributed by atoms with Crippen molar-refractivity contribution in [2.75, 3.05) is 0 Å². The van der Waals surface area contributed by atoms with E-state index in [9.17, 15) is 0 Å². The molecule has 0 N–H and O–H groups in total. The molecule has 0 aliphatic rings. The van der Waals surface area contributed by atoms with Crippen LogP contribution in [0, 0.1) is 17.2 Å². The summed E-state index contributed by atoms with van der Waals surface area (Å²) in [4.78, 5) is 0. The Bertz CT molecular complexity index is 213. The van der Waals surface area contributed by atoms with Crippen LogP contribution in [-0.4, -0.2) is 11.6 Å². The standard InChI is InChI=1S/C10H19N3/c1-8(2)6-10(5,7-11)13-12-9(3)4/h8-9H,6H2,1-5H3. The van der Waals surface area contributed by atoms with E-state index in [4.69, 9.17) is 5.26 Å².